The molecule has 180 valence electrons. The van der Waals surface area contributed by atoms with Crippen molar-refractivity contribution in [1.82, 2.24) is 9.97 Å². The van der Waals surface area contributed by atoms with Gasteiger partial charge in [-0.05, 0) is 41.2 Å². The van der Waals surface area contributed by atoms with Gasteiger partial charge in [0.1, 0.15) is 17.4 Å². The van der Waals surface area contributed by atoms with Crippen LogP contribution in [0.15, 0.2) is 69.8 Å². The van der Waals surface area contributed by atoms with Crippen LogP contribution < -0.4 is 15.6 Å². The minimum atomic E-state index is -0.554. The molecule has 2 N–H and O–H groups in total. The lowest BCUT2D eigenvalue weighted by molar-refractivity contribution is -0.118. The lowest BCUT2D eigenvalue weighted by atomic mass is 9.69. The predicted octanol–water partition coefficient (Wildman–Crippen LogP) is 5.41. The van der Waals surface area contributed by atoms with Crippen LogP contribution in [0.4, 0.5) is 10.2 Å². The molecule has 0 radical (unpaired) electrons. The van der Waals surface area contributed by atoms with E-state index in [4.69, 9.17) is 9.72 Å². The number of anilines is 1. The van der Waals surface area contributed by atoms with Crippen LogP contribution >= 0.6 is 11.8 Å². The first-order valence-corrected chi connectivity index (χ1v) is 12.4. The smallest absolute Gasteiger partial charge is 0.257 e. The van der Waals surface area contributed by atoms with Gasteiger partial charge < -0.3 is 15.0 Å². The predicted molar refractivity (Wildman–Crippen MR) is 134 cm³/mol. The molecule has 2 aromatic carbocycles. The number of nitrogens with zero attached hydrogens (tertiary/aromatic N) is 1. The fraction of sp³-hybridized carbons (Fsp3) is 0.296. The SMILES string of the molecule is COc1cccc([C@@H]2C3=C(CC(C)(C)CC3=O)Nc3nc(SCc4ccccc4F)[nH]c(=O)c32)c1. The molecule has 6 nitrogen and oxygen atoms in total. The van der Waals surface area contributed by atoms with Gasteiger partial charge in [-0.25, -0.2) is 9.37 Å². The Balaban J connectivity index is 1.60. The molecular formula is C27H26FN3O3S. The molecule has 35 heavy (non-hydrogen) atoms. The summed E-state index contributed by atoms with van der Waals surface area (Å²) < 4.78 is 19.5. The largest absolute Gasteiger partial charge is 0.497 e. The van der Waals surface area contributed by atoms with E-state index in [0.29, 0.717) is 52.0 Å². The Morgan fingerprint density at radius 3 is 2.71 bits per heavy atom. The number of ether oxygens (including phenoxy) is 1. The average Bonchev–Trinajstić information content (AvgIpc) is 2.81. The minimum absolute atomic E-state index is 0.0274. The lowest BCUT2D eigenvalue weighted by Crippen LogP contribution is -2.37. The molecule has 1 atom stereocenters. The number of hydrogen-bond donors (Lipinski definition) is 2. The third-order valence-corrected chi connectivity index (χ3v) is 7.37. The van der Waals surface area contributed by atoms with Crippen molar-refractivity contribution < 1.29 is 13.9 Å². The maximum atomic E-state index is 14.1. The molecule has 0 saturated carbocycles. The van der Waals surface area contributed by atoms with Crippen molar-refractivity contribution in [2.75, 3.05) is 12.4 Å². The van der Waals surface area contributed by atoms with Gasteiger partial charge >= 0.3 is 0 Å². The monoisotopic (exact) mass is 491 g/mol. The normalized spacial score (nSPS) is 18.5. The van der Waals surface area contributed by atoms with Gasteiger partial charge in [0, 0.05) is 29.4 Å². The van der Waals surface area contributed by atoms with Crippen molar-refractivity contribution in [2.24, 2.45) is 5.41 Å². The first-order valence-electron chi connectivity index (χ1n) is 11.4. The van der Waals surface area contributed by atoms with Crippen molar-refractivity contribution in [1.29, 1.82) is 0 Å². The summed E-state index contributed by atoms with van der Waals surface area (Å²) in [6, 6.07) is 14.0. The molecule has 1 aliphatic carbocycles. The topological polar surface area (TPSA) is 84.1 Å². The van der Waals surface area contributed by atoms with Crippen LogP contribution in [0.5, 0.6) is 5.75 Å². The number of thioether (sulfide) groups is 1. The number of rotatable bonds is 5. The Labute approximate surface area is 207 Å². The number of ketones is 1. The van der Waals surface area contributed by atoms with Crippen LogP contribution in [0.1, 0.15) is 49.3 Å². The van der Waals surface area contributed by atoms with Crippen molar-refractivity contribution in [2.45, 2.75) is 43.5 Å². The van der Waals surface area contributed by atoms with Gasteiger partial charge in [0.2, 0.25) is 0 Å². The van der Waals surface area contributed by atoms with Crippen LogP contribution in [0.25, 0.3) is 0 Å². The molecule has 0 bridgehead atoms. The van der Waals surface area contributed by atoms with Crippen LogP contribution in [0, 0.1) is 11.2 Å². The highest BCUT2D eigenvalue weighted by atomic mass is 32.2. The van der Waals surface area contributed by atoms with Gasteiger partial charge in [-0.2, -0.15) is 0 Å². The maximum Gasteiger partial charge on any atom is 0.257 e. The molecule has 0 saturated heterocycles. The van der Waals surface area contributed by atoms with Gasteiger partial charge in [0.25, 0.3) is 5.56 Å². The van der Waals surface area contributed by atoms with Gasteiger partial charge in [-0.3, -0.25) is 9.59 Å². The lowest BCUT2D eigenvalue weighted by Gasteiger charge is -2.38. The van der Waals surface area contributed by atoms with Crippen molar-refractivity contribution in [3.05, 3.63) is 92.7 Å². The number of H-pyrrole nitrogens is 1. The number of Topliss-reactive ketones (excluding diaryl/α,β-unsaturated/α-hetero) is 1. The highest BCUT2D eigenvalue weighted by Gasteiger charge is 2.42. The van der Waals surface area contributed by atoms with Gasteiger partial charge in [0.15, 0.2) is 10.9 Å². The highest BCUT2D eigenvalue weighted by molar-refractivity contribution is 7.98. The summed E-state index contributed by atoms with van der Waals surface area (Å²) in [5, 5.41) is 3.70. The zero-order valence-electron chi connectivity index (χ0n) is 19.8. The first-order chi connectivity index (χ1) is 16.8. The molecule has 0 amide bonds. The summed E-state index contributed by atoms with van der Waals surface area (Å²) in [5.74, 6) is 0.583. The third kappa shape index (κ3) is 4.50. The summed E-state index contributed by atoms with van der Waals surface area (Å²) in [6.45, 7) is 4.13. The van der Waals surface area contributed by atoms with E-state index in [1.54, 1.807) is 25.3 Å². The second-order valence-corrected chi connectivity index (χ2v) is 10.6. The van der Waals surface area contributed by atoms with Crippen LogP contribution in [0.3, 0.4) is 0 Å². The summed E-state index contributed by atoms with van der Waals surface area (Å²) in [4.78, 5) is 34.3. The quantitative estimate of drug-likeness (QED) is 0.367. The molecule has 0 fully saturated rings. The van der Waals surface area contributed by atoms with Gasteiger partial charge in [0.05, 0.1) is 12.7 Å². The minimum Gasteiger partial charge on any atom is -0.497 e. The number of carbonyl (C=O) groups is 1. The number of aromatic amines is 1. The van der Waals surface area contributed by atoms with E-state index in [0.717, 1.165) is 11.3 Å². The van der Waals surface area contributed by atoms with Crippen LogP contribution in [-0.2, 0) is 10.5 Å². The molecule has 5 rings (SSSR count). The molecule has 0 unspecified atom stereocenters. The zero-order chi connectivity index (χ0) is 24.7. The molecule has 1 aromatic heterocycles. The summed E-state index contributed by atoms with van der Waals surface area (Å²) in [6.07, 6.45) is 1.07. The third-order valence-electron chi connectivity index (χ3n) is 6.45. The number of fused-ring (bicyclic) bond motifs is 1. The number of allylic oxidation sites excluding steroid dienone is 2. The molecule has 3 aromatic rings. The maximum absolute atomic E-state index is 14.1. The molecule has 8 heteroatoms. The number of halogens is 1. The number of benzene rings is 2. The van der Waals surface area contributed by atoms with E-state index in [1.807, 2.05) is 24.3 Å². The second kappa shape index (κ2) is 9.00. The zero-order valence-corrected chi connectivity index (χ0v) is 20.6. The van der Waals surface area contributed by atoms with E-state index < -0.39 is 5.92 Å². The Bertz CT molecular complexity index is 1410. The van der Waals surface area contributed by atoms with E-state index in [9.17, 15) is 14.0 Å². The van der Waals surface area contributed by atoms with Crippen molar-refractivity contribution in [3.63, 3.8) is 0 Å². The highest BCUT2D eigenvalue weighted by Crippen LogP contribution is 2.48. The fourth-order valence-electron chi connectivity index (χ4n) is 4.88. The van der Waals surface area contributed by atoms with E-state index in [2.05, 4.69) is 24.1 Å². The Hall–Kier alpha value is -3.39. The number of aromatic nitrogens is 2. The summed E-state index contributed by atoms with van der Waals surface area (Å²) >= 11 is 1.26. The van der Waals surface area contributed by atoms with E-state index in [1.165, 1.54) is 17.8 Å². The van der Waals surface area contributed by atoms with Crippen LogP contribution in [-0.4, -0.2) is 22.9 Å². The summed E-state index contributed by atoms with van der Waals surface area (Å²) in [7, 11) is 1.59. The van der Waals surface area contributed by atoms with E-state index >= 15 is 0 Å². The Morgan fingerprint density at radius 1 is 1.14 bits per heavy atom. The van der Waals surface area contributed by atoms with Crippen molar-refractivity contribution >= 4 is 23.4 Å². The number of nitrogens with one attached hydrogen (secondary N) is 2. The number of carbonyl (C=O) groups excluding carboxylic acids is 1. The first kappa shape index (κ1) is 23.4. The molecule has 2 heterocycles. The summed E-state index contributed by atoms with van der Waals surface area (Å²) in [5.41, 5.74) is 2.62. The second-order valence-electron chi connectivity index (χ2n) is 9.68. The van der Waals surface area contributed by atoms with Gasteiger partial charge in [-0.1, -0.05) is 55.9 Å². The Morgan fingerprint density at radius 2 is 1.94 bits per heavy atom. The molecule has 0 spiro atoms. The molecule has 2 aliphatic rings. The van der Waals surface area contributed by atoms with Crippen LogP contribution in [0.2, 0.25) is 0 Å². The van der Waals surface area contributed by atoms with Gasteiger partial charge in [-0.15, -0.1) is 0 Å². The number of methoxy groups -OCH3 is 1. The number of hydrogen-bond acceptors (Lipinski definition) is 6. The Kier molecular flexibility index (Phi) is 6.01. The molecule has 1 aliphatic heterocycles. The average molecular weight is 492 g/mol. The molecular weight excluding hydrogens is 465 g/mol. The fourth-order valence-corrected chi connectivity index (χ4v) is 5.72. The van der Waals surface area contributed by atoms with E-state index in [-0.39, 0.29) is 22.6 Å². The standard InChI is InChI=1S/C27H26FN3O3S/c1-27(2)12-19-22(20(32)13-27)21(15-8-6-9-17(11-15)34-3)23-24(29-19)30-26(31-25(23)33)35-14-16-7-4-5-10-18(16)28/h4-11,21H,12-14H2,1-3H3,(H2,29,30,31,33)/t21-/m1/s1. The van der Waals surface area contributed by atoms with Crippen molar-refractivity contribution in [3.8, 4) is 5.75 Å².